The van der Waals surface area contributed by atoms with Gasteiger partial charge in [-0.3, -0.25) is 0 Å². The number of rotatable bonds is 4. The predicted molar refractivity (Wildman–Crippen MR) is 86.7 cm³/mol. The highest BCUT2D eigenvalue weighted by atomic mass is 16.5. The fraction of sp³-hybridized carbons (Fsp3) is 0.368. The molecular formula is C19H23NO. The van der Waals surface area contributed by atoms with Gasteiger partial charge in [-0.2, -0.15) is 0 Å². The van der Waals surface area contributed by atoms with Gasteiger partial charge < -0.3 is 10.1 Å². The minimum absolute atomic E-state index is 0.355. The molecule has 110 valence electrons. The summed E-state index contributed by atoms with van der Waals surface area (Å²) in [7, 11) is 1.74. The third kappa shape index (κ3) is 3.11. The smallest absolute Gasteiger partial charge is 0.119 e. The van der Waals surface area contributed by atoms with Gasteiger partial charge in [0.2, 0.25) is 0 Å². The van der Waals surface area contributed by atoms with E-state index in [4.69, 9.17) is 4.74 Å². The van der Waals surface area contributed by atoms with Crippen LogP contribution in [0.2, 0.25) is 0 Å². The van der Waals surface area contributed by atoms with Crippen LogP contribution in [0.25, 0.3) is 0 Å². The van der Waals surface area contributed by atoms with Crippen molar-refractivity contribution in [1.29, 1.82) is 0 Å². The van der Waals surface area contributed by atoms with Gasteiger partial charge in [0.1, 0.15) is 5.75 Å². The molecule has 1 aliphatic carbocycles. The quantitative estimate of drug-likeness (QED) is 0.895. The lowest BCUT2D eigenvalue weighted by molar-refractivity contribution is 0.399. The standard InChI is InChI=1S/C19H23NO/c1-14(15-7-4-3-5-8-15)20-19-10-6-9-16-11-12-17(21-2)13-18(16)19/h3-5,7-8,11-14,19-20H,6,9-10H2,1-2H3. The molecule has 21 heavy (non-hydrogen) atoms. The van der Waals surface area contributed by atoms with Gasteiger partial charge in [0.15, 0.2) is 0 Å². The van der Waals surface area contributed by atoms with Crippen LogP contribution in [0.15, 0.2) is 48.5 Å². The van der Waals surface area contributed by atoms with Crippen molar-refractivity contribution in [3.63, 3.8) is 0 Å². The van der Waals surface area contributed by atoms with E-state index in [1.54, 1.807) is 7.11 Å². The van der Waals surface area contributed by atoms with Crippen molar-refractivity contribution in [3.8, 4) is 5.75 Å². The molecule has 2 nitrogen and oxygen atoms in total. The van der Waals surface area contributed by atoms with Crippen LogP contribution in [0, 0.1) is 0 Å². The summed E-state index contributed by atoms with van der Waals surface area (Å²) in [6, 6.07) is 17.9. The molecule has 0 amide bonds. The summed E-state index contributed by atoms with van der Waals surface area (Å²) in [5, 5.41) is 3.79. The van der Waals surface area contributed by atoms with Crippen LogP contribution in [0.3, 0.4) is 0 Å². The second kappa shape index (κ2) is 6.31. The Bertz CT molecular complexity index is 594. The Labute approximate surface area is 127 Å². The van der Waals surface area contributed by atoms with Crippen LogP contribution >= 0.6 is 0 Å². The lowest BCUT2D eigenvalue weighted by Gasteiger charge is -2.30. The van der Waals surface area contributed by atoms with E-state index < -0.39 is 0 Å². The van der Waals surface area contributed by atoms with Gasteiger partial charge in [0.05, 0.1) is 7.11 Å². The maximum absolute atomic E-state index is 5.39. The summed E-state index contributed by atoms with van der Waals surface area (Å²) >= 11 is 0. The van der Waals surface area contributed by atoms with Crippen LogP contribution in [0.1, 0.15) is 48.5 Å². The molecule has 0 saturated carbocycles. The molecule has 0 saturated heterocycles. The third-order valence-corrected chi connectivity index (χ3v) is 4.42. The number of hydrogen-bond acceptors (Lipinski definition) is 2. The summed E-state index contributed by atoms with van der Waals surface area (Å²) in [5.74, 6) is 0.954. The lowest BCUT2D eigenvalue weighted by Crippen LogP contribution is -2.27. The molecule has 0 bridgehead atoms. The molecule has 0 heterocycles. The van der Waals surface area contributed by atoms with E-state index in [1.807, 2.05) is 0 Å². The van der Waals surface area contributed by atoms with Crippen LogP contribution < -0.4 is 10.1 Å². The normalized spacial score (nSPS) is 18.9. The zero-order valence-corrected chi connectivity index (χ0v) is 12.8. The number of fused-ring (bicyclic) bond motifs is 1. The van der Waals surface area contributed by atoms with E-state index >= 15 is 0 Å². The summed E-state index contributed by atoms with van der Waals surface area (Å²) in [5.41, 5.74) is 4.20. The van der Waals surface area contributed by atoms with E-state index in [1.165, 1.54) is 36.0 Å². The largest absolute Gasteiger partial charge is 0.497 e. The highest BCUT2D eigenvalue weighted by molar-refractivity contribution is 5.39. The fourth-order valence-electron chi connectivity index (χ4n) is 3.22. The molecule has 1 aliphatic rings. The summed E-state index contributed by atoms with van der Waals surface area (Å²) in [4.78, 5) is 0. The zero-order chi connectivity index (χ0) is 14.7. The Balaban J connectivity index is 1.81. The average molecular weight is 281 g/mol. The Morgan fingerprint density at radius 3 is 2.71 bits per heavy atom. The second-order valence-corrected chi connectivity index (χ2v) is 5.81. The summed E-state index contributed by atoms with van der Waals surface area (Å²) < 4.78 is 5.39. The number of methoxy groups -OCH3 is 1. The average Bonchev–Trinajstić information content (AvgIpc) is 2.55. The van der Waals surface area contributed by atoms with Gasteiger partial charge >= 0.3 is 0 Å². The lowest BCUT2D eigenvalue weighted by atomic mass is 9.87. The fourth-order valence-corrected chi connectivity index (χ4v) is 3.22. The molecule has 2 aromatic rings. The second-order valence-electron chi connectivity index (χ2n) is 5.81. The SMILES string of the molecule is COc1ccc2c(c1)C(NC(C)c1ccccc1)CCC2. The Morgan fingerprint density at radius 2 is 1.95 bits per heavy atom. The van der Waals surface area contributed by atoms with Gasteiger partial charge in [-0.25, -0.2) is 0 Å². The molecule has 0 spiro atoms. The first-order valence-electron chi connectivity index (χ1n) is 7.75. The molecule has 0 fully saturated rings. The molecule has 2 heteroatoms. The monoisotopic (exact) mass is 281 g/mol. The van der Waals surface area contributed by atoms with E-state index in [9.17, 15) is 0 Å². The van der Waals surface area contributed by atoms with E-state index in [2.05, 4.69) is 60.8 Å². The first-order valence-corrected chi connectivity index (χ1v) is 7.75. The molecular weight excluding hydrogens is 258 g/mol. The molecule has 0 radical (unpaired) electrons. The zero-order valence-electron chi connectivity index (χ0n) is 12.8. The van der Waals surface area contributed by atoms with Crippen molar-refractivity contribution in [2.75, 3.05) is 7.11 Å². The first-order chi connectivity index (χ1) is 10.3. The van der Waals surface area contributed by atoms with Crippen LogP contribution in [0.4, 0.5) is 0 Å². The van der Waals surface area contributed by atoms with E-state index in [0.717, 1.165) is 5.75 Å². The summed E-state index contributed by atoms with van der Waals surface area (Å²) in [6.45, 7) is 2.24. The van der Waals surface area contributed by atoms with Gasteiger partial charge in [-0.1, -0.05) is 36.4 Å². The predicted octanol–water partition coefficient (Wildman–Crippen LogP) is 4.42. The first kappa shape index (κ1) is 14.2. The van der Waals surface area contributed by atoms with Crippen LogP contribution in [0.5, 0.6) is 5.75 Å². The molecule has 2 atom stereocenters. The molecule has 2 unspecified atom stereocenters. The summed E-state index contributed by atoms with van der Waals surface area (Å²) in [6.07, 6.45) is 3.62. The van der Waals surface area contributed by atoms with Crippen molar-refractivity contribution in [1.82, 2.24) is 5.32 Å². The Hall–Kier alpha value is -1.80. The van der Waals surface area contributed by atoms with E-state index in [-0.39, 0.29) is 0 Å². The van der Waals surface area contributed by atoms with Crippen molar-refractivity contribution in [2.24, 2.45) is 0 Å². The molecule has 2 aromatic carbocycles. The van der Waals surface area contributed by atoms with Crippen molar-refractivity contribution in [2.45, 2.75) is 38.3 Å². The van der Waals surface area contributed by atoms with Gasteiger partial charge in [0.25, 0.3) is 0 Å². The number of aryl methyl sites for hydroxylation is 1. The van der Waals surface area contributed by atoms with Crippen molar-refractivity contribution >= 4 is 0 Å². The van der Waals surface area contributed by atoms with E-state index in [0.29, 0.717) is 12.1 Å². The van der Waals surface area contributed by atoms with Crippen LogP contribution in [-0.4, -0.2) is 7.11 Å². The minimum atomic E-state index is 0.355. The molecule has 3 rings (SSSR count). The van der Waals surface area contributed by atoms with Crippen LogP contribution in [-0.2, 0) is 6.42 Å². The number of hydrogen-bond donors (Lipinski definition) is 1. The van der Waals surface area contributed by atoms with Gasteiger partial charge in [0, 0.05) is 12.1 Å². The number of ether oxygens (including phenoxy) is 1. The highest BCUT2D eigenvalue weighted by Crippen LogP contribution is 2.34. The van der Waals surface area contributed by atoms with Gasteiger partial charge in [-0.15, -0.1) is 0 Å². The molecule has 0 aliphatic heterocycles. The topological polar surface area (TPSA) is 21.3 Å². The molecule has 1 N–H and O–H groups in total. The minimum Gasteiger partial charge on any atom is -0.497 e. The Kier molecular flexibility index (Phi) is 4.26. The Morgan fingerprint density at radius 1 is 1.14 bits per heavy atom. The van der Waals surface area contributed by atoms with Crippen molar-refractivity contribution < 1.29 is 4.74 Å². The highest BCUT2D eigenvalue weighted by Gasteiger charge is 2.22. The maximum Gasteiger partial charge on any atom is 0.119 e. The van der Waals surface area contributed by atoms with Gasteiger partial charge in [-0.05, 0) is 55.0 Å². The molecule has 0 aromatic heterocycles. The van der Waals surface area contributed by atoms with Crippen molar-refractivity contribution in [3.05, 3.63) is 65.2 Å². The maximum atomic E-state index is 5.39. The number of benzene rings is 2. The number of nitrogens with one attached hydrogen (secondary N) is 1. The third-order valence-electron chi connectivity index (χ3n) is 4.42.